The van der Waals surface area contributed by atoms with Gasteiger partial charge in [-0.1, -0.05) is 0 Å². The van der Waals surface area contributed by atoms with Crippen LogP contribution in [-0.4, -0.2) is 41.7 Å². The normalized spacial score (nSPS) is 16.2. The van der Waals surface area contributed by atoms with Gasteiger partial charge in [-0.15, -0.1) is 0 Å². The van der Waals surface area contributed by atoms with E-state index >= 15 is 0 Å². The molecule has 1 aromatic carbocycles. The van der Waals surface area contributed by atoms with Crippen LogP contribution in [-0.2, 0) is 20.7 Å². The number of anilines is 2. The van der Waals surface area contributed by atoms with Crippen molar-refractivity contribution in [3.8, 4) is 17.1 Å². The molecular weight excluding hydrogens is 406 g/mol. The summed E-state index contributed by atoms with van der Waals surface area (Å²) in [7, 11) is -1.98. The Morgan fingerprint density at radius 1 is 1.27 bits per heavy atom. The number of ether oxygens (including phenoxy) is 1. The molecule has 0 saturated heterocycles. The van der Waals surface area contributed by atoms with Gasteiger partial charge in [0.15, 0.2) is 0 Å². The van der Waals surface area contributed by atoms with E-state index in [4.69, 9.17) is 8.92 Å². The number of benzene rings is 1. The first-order valence-corrected chi connectivity index (χ1v) is 11.4. The number of aromatic nitrogens is 4. The Kier molecular flexibility index (Phi) is 5.44. The monoisotopic (exact) mass is 429 g/mol. The van der Waals surface area contributed by atoms with Crippen LogP contribution in [0.2, 0.25) is 0 Å². The number of aromatic amines is 1. The van der Waals surface area contributed by atoms with Crippen molar-refractivity contribution in [3.05, 3.63) is 47.5 Å². The van der Waals surface area contributed by atoms with Gasteiger partial charge in [-0.3, -0.25) is 4.18 Å². The van der Waals surface area contributed by atoms with Gasteiger partial charge in [-0.25, -0.2) is 15.0 Å². The standard InChI is InChI=1S/C20H23N5O4S/c1-12-10-21-19(23-12)15-8-7-14(9-17(15)28-2)24-20-22-11-13-5-4-6-16(18(13)25-20)29-30(3,26)27/h7-11,16H,4-6H2,1-3H3,(H,21,23)(H,22,24,25). The summed E-state index contributed by atoms with van der Waals surface area (Å²) in [5.74, 6) is 1.73. The molecule has 3 aromatic rings. The van der Waals surface area contributed by atoms with Crippen molar-refractivity contribution in [3.63, 3.8) is 0 Å². The van der Waals surface area contributed by atoms with E-state index in [-0.39, 0.29) is 0 Å². The second-order valence-corrected chi connectivity index (χ2v) is 8.82. The molecule has 0 amide bonds. The van der Waals surface area contributed by atoms with E-state index in [9.17, 15) is 8.42 Å². The molecule has 0 fully saturated rings. The second kappa shape index (κ2) is 8.04. The van der Waals surface area contributed by atoms with E-state index in [0.29, 0.717) is 23.8 Å². The fraction of sp³-hybridized carbons (Fsp3) is 0.350. The van der Waals surface area contributed by atoms with Crippen LogP contribution >= 0.6 is 0 Å². The number of nitrogens with zero attached hydrogens (tertiary/aromatic N) is 3. The topological polar surface area (TPSA) is 119 Å². The first-order chi connectivity index (χ1) is 14.3. The van der Waals surface area contributed by atoms with Gasteiger partial charge < -0.3 is 15.0 Å². The van der Waals surface area contributed by atoms with Crippen LogP contribution in [0, 0.1) is 6.92 Å². The van der Waals surface area contributed by atoms with Gasteiger partial charge in [0.25, 0.3) is 10.1 Å². The summed E-state index contributed by atoms with van der Waals surface area (Å²) in [5.41, 5.74) is 3.97. The summed E-state index contributed by atoms with van der Waals surface area (Å²) in [6.07, 6.45) is 6.23. The van der Waals surface area contributed by atoms with Crippen LogP contribution in [0.4, 0.5) is 11.6 Å². The first-order valence-electron chi connectivity index (χ1n) is 9.54. The Balaban J connectivity index is 1.61. The minimum atomic E-state index is -3.58. The molecule has 2 aromatic heterocycles. The Hall–Kier alpha value is -2.98. The van der Waals surface area contributed by atoms with Gasteiger partial charge >= 0.3 is 0 Å². The molecule has 9 nitrogen and oxygen atoms in total. The summed E-state index contributed by atoms with van der Waals surface area (Å²) >= 11 is 0. The van der Waals surface area contributed by atoms with Crippen molar-refractivity contribution < 1.29 is 17.3 Å². The highest BCUT2D eigenvalue weighted by Gasteiger charge is 2.26. The number of nitrogens with one attached hydrogen (secondary N) is 2. The third-order valence-electron chi connectivity index (χ3n) is 4.83. The lowest BCUT2D eigenvalue weighted by molar-refractivity contribution is 0.188. The van der Waals surface area contributed by atoms with Gasteiger partial charge in [-0.2, -0.15) is 8.42 Å². The van der Waals surface area contributed by atoms with Crippen LogP contribution in [0.5, 0.6) is 5.75 Å². The number of methoxy groups -OCH3 is 1. The fourth-order valence-electron chi connectivity index (χ4n) is 3.52. The Labute approximate surface area is 175 Å². The average molecular weight is 430 g/mol. The Bertz CT molecular complexity index is 1180. The molecule has 1 aliphatic rings. The second-order valence-electron chi connectivity index (χ2n) is 7.22. The molecule has 0 radical (unpaired) electrons. The molecule has 30 heavy (non-hydrogen) atoms. The van der Waals surface area contributed by atoms with Crippen molar-refractivity contribution in [2.24, 2.45) is 0 Å². The van der Waals surface area contributed by atoms with Crippen molar-refractivity contribution in [1.82, 2.24) is 19.9 Å². The van der Waals surface area contributed by atoms with E-state index in [0.717, 1.165) is 47.4 Å². The summed E-state index contributed by atoms with van der Waals surface area (Å²) < 4.78 is 34.0. The summed E-state index contributed by atoms with van der Waals surface area (Å²) in [5, 5.41) is 3.16. The number of H-pyrrole nitrogens is 1. The van der Waals surface area contributed by atoms with E-state index in [1.54, 1.807) is 13.3 Å². The molecule has 1 atom stereocenters. The minimum absolute atomic E-state index is 0.362. The third kappa shape index (κ3) is 4.44. The van der Waals surface area contributed by atoms with E-state index in [2.05, 4.69) is 25.3 Å². The molecule has 0 bridgehead atoms. The van der Waals surface area contributed by atoms with Gasteiger partial charge in [-0.05, 0) is 43.9 Å². The highest BCUT2D eigenvalue weighted by molar-refractivity contribution is 7.86. The maximum atomic E-state index is 11.6. The van der Waals surface area contributed by atoms with Gasteiger partial charge in [0.05, 0.1) is 30.3 Å². The molecule has 10 heteroatoms. The SMILES string of the molecule is COc1cc(Nc2ncc3c(n2)C(OS(C)(=O)=O)CCC3)ccc1-c1nc(C)c[nH]1. The van der Waals surface area contributed by atoms with E-state index < -0.39 is 16.2 Å². The van der Waals surface area contributed by atoms with Crippen molar-refractivity contribution in [2.75, 3.05) is 18.7 Å². The van der Waals surface area contributed by atoms with Gasteiger partial charge in [0.1, 0.15) is 17.7 Å². The number of hydrogen-bond acceptors (Lipinski definition) is 8. The molecule has 0 aliphatic heterocycles. The lowest BCUT2D eigenvalue weighted by Gasteiger charge is -2.23. The maximum absolute atomic E-state index is 11.6. The lowest BCUT2D eigenvalue weighted by Crippen LogP contribution is -2.19. The summed E-state index contributed by atoms with van der Waals surface area (Å²) in [6, 6.07) is 5.61. The highest BCUT2D eigenvalue weighted by atomic mass is 32.2. The number of hydrogen-bond donors (Lipinski definition) is 2. The molecule has 1 unspecified atom stereocenters. The van der Waals surface area contributed by atoms with E-state index in [1.165, 1.54) is 0 Å². The van der Waals surface area contributed by atoms with Crippen LogP contribution in [0.1, 0.15) is 35.9 Å². The number of imidazole rings is 1. The van der Waals surface area contributed by atoms with Crippen LogP contribution < -0.4 is 10.1 Å². The molecule has 2 heterocycles. The molecule has 0 saturated carbocycles. The van der Waals surface area contributed by atoms with Crippen molar-refractivity contribution >= 4 is 21.8 Å². The van der Waals surface area contributed by atoms with Crippen LogP contribution in [0.25, 0.3) is 11.4 Å². The molecule has 158 valence electrons. The zero-order valence-electron chi connectivity index (χ0n) is 17.0. The van der Waals surface area contributed by atoms with Gasteiger partial charge in [0.2, 0.25) is 5.95 Å². The number of aryl methyl sites for hydroxylation is 2. The molecule has 0 spiro atoms. The van der Waals surface area contributed by atoms with Crippen LogP contribution in [0.15, 0.2) is 30.6 Å². The molecule has 2 N–H and O–H groups in total. The number of rotatable bonds is 6. The van der Waals surface area contributed by atoms with E-state index in [1.807, 2.05) is 31.3 Å². The number of fused-ring (bicyclic) bond motifs is 1. The zero-order valence-corrected chi connectivity index (χ0v) is 17.8. The van der Waals surface area contributed by atoms with Gasteiger partial charge in [0, 0.05) is 24.1 Å². The lowest BCUT2D eigenvalue weighted by atomic mass is 9.95. The Morgan fingerprint density at radius 3 is 2.80 bits per heavy atom. The van der Waals surface area contributed by atoms with Crippen molar-refractivity contribution in [1.29, 1.82) is 0 Å². The predicted octanol–water partition coefficient (Wildman–Crippen LogP) is 3.28. The maximum Gasteiger partial charge on any atom is 0.265 e. The van der Waals surface area contributed by atoms with Crippen molar-refractivity contribution in [2.45, 2.75) is 32.3 Å². The van der Waals surface area contributed by atoms with Crippen LogP contribution in [0.3, 0.4) is 0 Å². The zero-order chi connectivity index (χ0) is 21.3. The first kappa shape index (κ1) is 20.3. The highest BCUT2D eigenvalue weighted by Crippen LogP contribution is 2.34. The predicted molar refractivity (Wildman–Crippen MR) is 112 cm³/mol. The molecule has 4 rings (SSSR count). The molecule has 1 aliphatic carbocycles. The largest absolute Gasteiger partial charge is 0.496 e. The summed E-state index contributed by atoms with van der Waals surface area (Å²) in [6.45, 7) is 1.91. The fourth-order valence-corrected chi connectivity index (χ4v) is 4.13. The average Bonchev–Trinajstić information content (AvgIpc) is 3.13. The quantitative estimate of drug-likeness (QED) is 0.573. The molecular formula is C20H23N5O4S. The minimum Gasteiger partial charge on any atom is -0.496 e. The third-order valence-corrected chi connectivity index (χ3v) is 5.41. The smallest absolute Gasteiger partial charge is 0.265 e. The Morgan fingerprint density at radius 2 is 2.10 bits per heavy atom. The summed E-state index contributed by atoms with van der Waals surface area (Å²) in [4.78, 5) is 16.5.